The molecule has 0 radical (unpaired) electrons. The topological polar surface area (TPSA) is 53.5 Å². The fraction of sp³-hybridized carbons (Fsp3) is 0.381. The van der Waals surface area contributed by atoms with Crippen molar-refractivity contribution < 1.29 is 9.59 Å². The van der Waals surface area contributed by atoms with Crippen LogP contribution in [0.25, 0.3) is 0 Å². The Morgan fingerprint density at radius 3 is 2.85 bits per heavy atom. The van der Waals surface area contributed by atoms with E-state index in [1.54, 1.807) is 29.4 Å². The highest BCUT2D eigenvalue weighted by molar-refractivity contribution is 6.03. The van der Waals surface area contributed by atoms with Crippen molar-refractivity contribution in [2.75, 3.05) is 18.0 Å². The third-order valence-corrected chi connectivity index (χ3v) is 5.36. The number of carbonyl (C=O) groups excluding carboxylic acids is 2. The van der Waals surface area contributed by atoms with Crippen LogP contribution < -0.4 is 4.90 Å². The van der Waals surface area contributed by atoms with Crippen molar-refractivity contribution >= 4 is 17.5 Å². The summed E-state index contributed by atoms with van der Waals surface area (Å²) in [4.78, 5) is 33.9. The number of hydrogen-bond acceptors (Lipinski definition) is 3. The molecule has 2 amide bonds. The second-order valence-electron chi connectivity index (χ2n) is 7.12. The molecular formula is C21H23N3O2. The number of rotatable bonds is 2. The minimum Gasteiger partial charge on any atom is -0.327 e. The number of anilines is 1. The number of nitrogens with zero attached hydrogens (tertiary/aromatic N) is 3. The monoisotopic (exact) mass is 349 g/mol. The van der Waals surface area contributed by atoms with Crippen LogP contribution in [-0.2, 0) is 11.2 Å². The molecule has 0 N–H and O–H groups in total. The summed E-state index contributed by atoms with van der Waals surface area (Å²) >= 11 is 0. The Hall–Kier alpha value is -2.69. The van der Waals surface area contributed by atoms with Gasteiger partial charge in [-0.3, -0.25) is 14.6 Å². The minimum atomic E-state index is -0.386. The average Bonchev–Trinajstić information content (AvgIpc) is 3.10. The molecule has 1 aromatic heterocycles. The van der Waals surface area contributed by atoms with E-state index in [0.29, 0.717) is 18.7 Å². The lowest BCUT2D eigenvalue weighted by Gasteiger charge is -2.37. The molecule has 5 nitrogen and oxygen atoms in total. The van der Waals surface area contributed by atoms with E-state index in [1.165, 1.54) is 5.56 Å². The molecule has 1 saturated heterocycles. The Morgan fingerprint density at radius 2 is 2.04 bits per heavy atom. The zero-order chi connectivity index (χ0) is 18.1. The lowest BCUT2D eigenvalue weighted by molar-refractivity contribution is -0.123. The average molecular weight is 349 g/mol. The molecule has 2 aromatic rings. The molecule has 1 fully saturated rings. The summed E-state index contributed by atoms with van der Waals surface area (Å²) < 4.78 is 0. The van der Waals surface area contributed by atoms with Gasteiger partial charge in [-0.15, -0.1) is 0 Å². The smallest absolute Gasteiger partial charge is 0.256 e. The van der Waals surface area contributed by atoms with Crippen LogP contribution in [0, 0.1) is 6.92 Å². The summed E-state index contributed by atoms with van der Waals surface area (Å²) in [5, 5.41) is 0. The Bertz CT molecular complexity index is 834. The maximum Gasteiger partial charge on any atom is 0.256 e. The standard InChI is InChI=1S/C21H23N3O2/c1-15-7-8-16-9-12-24(19(16)13-15)21(26)18-6-2-3-11-23(18)20(25)17-5-4-10-22-14-17/h4-5,7-8,10,13-14,18H,2-3,6,9,11-12H2,1H3/t18-/m0/s1. The quantitative estimate of drug-likeness (QED) is 0.838. The molecule has 0 saturated carbocycles. The highest BCUT2D eigenvalue weighted by Gasteiger charge is 2.37. The minimum absolute atomic E-state index is 0.0475. The Balaban J connectivity index is 1.60. The van der Waals surface area contributed by atoms with Crippen LogP contribution >= 0.6 is 0 Å². The van der Waals surface area contributed by atoms with E-state index in [-0.39, 0.29) is 17.9 Å². The molecular weight excluding hydrogens is 326 g/mol. The summed E-state index contributed by atoms with van der Waals surface area (Å²) in [7, 11) is 0. The first kappa shape index (κ1) is 16.8. The number of aryl methyl sites for hydroxylation is 1. The van der Waals surface area contributed by atoms with Gasteiger partial charge in [0.05, 0.1) is 5.56 Å². The molecule has 5 heteroatoms. The maximum absolute atomic E-state index is 13.3. The van der Waals surface area contributed by atoms with Crippen molar-refractivity contribution in [3.63, 3.8) is 0 Å². The first-order valence-corrected chi connectivity index (χ1v) is 9.27. The molecule has 0 aliphatic carbocycles. The van der Waals surface area contributed by atoms with Crippen LogP contribution in [0.1, 0.15) is 40.7 Å². The molecule has 3 heterocycles. The number of likely N-dealkylation sites (tertiary alicyclic amines) is 1. The first-order chi connectivity index (χ1) is 12.6. The van der Waals surface area contributed by atoms with Gasteiger partial charge in [-0.1, -0.05) is 12.1 Å². The molecule has 0 bridgehead atoms. The number of aromatic nitrogens is 1. The Kier molecular flexibility index (Phi) is 4.45. The number of pyridine rings is 1. The predicted octanol–water partition coefficient (Wildman–Crippen LogP) is 2.97. The fourth-order valence-electron chi connectivity index (χ4n) is 3.98. The third-order valence-electron chi connectivity index (χ3n) is 5.36. The molecule has 0 unspecified atom stereocenters. The first-order valence-electron chi connectivity index (χ1n) is 9.27. The van der Waals surface area contributed by atoms with Crippen molar-refractivity contribution in [3.8, 4) is 0 Å². The second kappa shape index (κ2) is 6.90. The molecule has 134 valence electrons. The number of fused-ring (bicyclic) bond motifs is 1. The van der Waals surface area contributed by atoms with E-state index in [1.807, 2.05) is 11.8 Å². The largest absolute Gasteiger partial charge is 0.327 e. The van der Waals surface area contributed by atoms with Gasteiger partial charge in [0.15, 0.2) is 0 Å². The fourth-order valence-corrected chi connectivity index (χ4v) is 3.98. The molecule has 4 rings (SSSR count). The van der Waals surface area contributed by atoms with Crippen molar-refractivity contribution in [3.05, 3.63) is 59.4 Å². The summed E-state index contributed by atoms with van der Waals surface area (Å²) in [5.41, 5.74) is 3.92. The van der Waals surface area contributed by atoms with Gasteiger partial charge in [0.25, 0.3) is 5.91 Å². The summed E-state index contributed by atoms with van der Waals surface area (Å²) in [5.74, 6) is -0.0499. The van der Waals surface area contributed by atoms with Crippen LogP contribution in [-0.4, -0.2) is 40.8 Å². The molecule has 1 atom stereocenters. The third kappa shape index (κ3) is 2.98. The molecule has 0 spiro atoms. The van der Waals surface area contributed by atoms with Gasteiger partial charge in [0.2, 0.25) is 5.91 Å². The second-order valence-corrected chi connectivity index (χ2v) is 7.12. The predicted molar refractivity (Wildman–Crippen MR) is 100 cm³/mol. The van der Waals surface area contributed by atoms with Gasteiger partial charge in [-0.2, -0.15) is 0 Å². The number of piperidine rings is 1. The number of amides is 2. The van der Waals surface area contributed by atoms with Crippen molar-refractivity contribution in [2.24, 2.45) is 0 Å². The van der Waals surface area contributed by atoms with E-state index in [9.17, 15) is 9.59 Å². The number of benzene rings is 1. The van der Waals surface area contributed by atoms with Gasteiger partial charge in [-0.05, 0) is 61.9 Å². The van der Waals surface area contributed by atoms with Gasteiger partial charge >= 0.3 is 0 Å². The molecule has 2 aliphatic heterocycles. The highest BCUT2D eigenvalue weighted by atomic mass is 16.2. The van der Waals surface area contributed by atoms with E-state index in [4.69, 9.17) is 0 Å². The lowest BCUT2D eigenvalue weighted by atomic mass is 9.99. The maximum atomic E-state index is 13.3. The SMILES string of the molecule is Cc1ccc2c(c1)N(C(=O)[C@@H]1CCCCN1C(=O)c1cccnc1)CC2. The van der Waals surface area contributed by atoms with Crippen LogP contribution in [0.15, 0.2) is 42.7 Å². The van der Waals surface area contributed by atoms with Crippen LogP contribution in [0.4, 0.5) is 5.69 Å². The van der Waals surface area contributed by atoms with Gasteiger partial charge in [0.1, 0.15) is 6.04 Å². The zero-order valence-corrected chi connectivity index (χ0v) is 15.0. The summed E-state index contributed by atoms with van der Waals surface area (Å²) in [6.07, 6.45) is 6.74. The van der Waals surface area contributed by atoms with Crippen LogP contribution in [0.2, 0.25) is 0 Å². The molecule has 2 aliphatic rings. The van der Waals surface area contributed by atoms with Gasteiger partial charge in [0, 0.05) is 31.2 Å². The molecule has 1 aromatic carbocycles. The van der Waals surface area contributed by atoms with E-state index in [2.05, 4.69) is 23.2 Å². The molecule has 26 heavy (non-hydrogen) atoms. The van der Waals surface area contributed by atoms with E-state index in [0.717, 1.165) is 36.9 Å². The van der Waals surface area contributed by atoms with Gasteiger partial charge in [-0.25, -0.2) is 0 Å². The number of hydrogen-bond donors (Lipinski definition) is 0. The van der Waals surface area contributed by atoms with Crippen molar-refractivity contribution in [1.82, 2.24) is 9.88 Å². The normalized spacial score (nSPS) is 19.3. The number of carbonyl (C=O) groups is 2. The lowest BCUT2D eigenvalue weighted by Crippen LogP contribution is -2.53. The van der Waals surface area contributed by atoms with Crippen LogP contribution in [0.3, 0.4) is 0 Å². The van der Waals surface area contributed by atoms with Crippen molar-refractivity contribution in [2.45, 2.75) is 38.6 Å². The van der Waals surface area contributed by atoms with Gasteiger partial charge < -0.3 is 9.80 Å². The summed E-state index contributed by atoms with van der Waals surface area (Å²) in [6.45, 7) is 3.36. The van der Waals surface area contributed by atoms with Crippen molar-refractivity contribution in [1.29, 1.82) is 0 Å². The summed E-state index contributed by atoms with van der Waals surface area (Å²) in [6, 6.07) is 9.41. The highest BCUT2D eigenvalue weighted by Crippen LogP contribution is 2.31. The Labute approximate surface area is 153 Å². The van der Waals surface area contributed by atoms with E-state index >= 15 is 0 Å². The zero-order valence-electron chi connectivity index (χ0n) is 15.0. The van der Waals surface area contributed by atoms with E-state index < -0.39 is 0 Å². The Morgan fingerprint density at radius 1 is 1.15 bits per heavy atom. The van der Waals surface area contributed by atoms with Crippen LogP contribution in [0.5, 0.6) is 0 Å².